The van der Waals surface area contributed by atoms with Crippen molar-refractivity contribution in [1.82, 2.24) is 4.31 Å². The molecule has 8 heteroatoms. The standard InChI is InChI=1S/C13H17F3N2O2S/c14-13(15,16)10-6-3-4-7-11(10)21(19,20)18-9-5-1-2-8-12(18)17/h3-4,6-7,12H,1-2,5,8-9,17H2. The number of sulfonamides is 1. The summed E-state index contributed by atoms with van der Waals surface area (Å²) in [6, 6.07) is 4.21. The molecule has 21 heavy (non-hydrogen) atoms. The first-order valence-corrected chi connectivity index (χ1v) is 8.12. The van der Waals surface area contributed by atoms with Crippen molar-refractivity contribution in [3.8, 4) is 0 Å². The third-order valence-electron chi connectivity index (χ3n) is 3.53. The first-order chi connectivity index (χ1) is 9.74. The number of rotatable bonds is 2. The van der Waals surface area contributed by atoms with E-state index in [1.165, 1.54) is 12.1 Å². The fourth-order valence-electron chi connectivity index (χ4n) is 2.46. The SMILES string of the molecule is NC1CCCCCN1S(=O)(=O)c1ccccc1C(F)(F)F. The Morgan fingerprint density at radius 3 is 2.48 bits per heavy atom. The summed E-state index contributed by atoms with van der Waals surface area (Å²) in [5.74, 6) is 0. The molecule has 118 valence electrons. The Labute approximate surface area is 121 Å². The summed E-state index contributed by atoms with van der Waals surface area (Å²) in [4.78, 5) is -0.727. The van der Waals surface area contributed by atoms with E-state index in [9.17, 15) is 21.6 Å². The number of alkyl halides is 3. The van der Waals surface area contributed by atoms with Gasteiger partial charge in [-0.2, -0.15) is 17.5 Å². The maximum absolute atomic E-state index is 13.0. The van der Waals surface area contributed by atoms with Crippen LogP contribution in [-0.2, 0) is 16.2 Å². The van der Waals surface area contributed by atoms with Crippen LogP contribution in [0.25, 0.3) is 0 Å². The third kappa shape index (κ3) is 3.38. The van der Waals surface area contributed by atoms with Crippen LogP contribution in [0.15, 0.2) is 29.2 Å². The van der Waals surface area contributed by atoms with Gasteiger partial charge in [-0.3, -0.25) is 0 Å². The van der Waals surface area contributed by atoms with Crippen LogP contribution >= 0.6 is 0 Å². The molecule has 1 unspecified atom stereocenters. The molecule has 1 aromatic rings. The highest BCUT2D eigenvalue weighted by atomic mass is 32.2. The van der Waals surface area contributed by atoms with Crippen molar-refractivity contribution in [1.29, 1.82) is 0 Å². The fourth-order valence-corrected chi connectivity index (χ4v) is 4.25. The molecule has 2 N–H and O–H groups in total. The minimum atomic E-state index is -4.72. The van der Waals surface area contributed by atoms with E-state index in [0.29, 0.717) is 12.8 Å². The van der Waals surface area contributed by atoms with Gasteiger partial charge in [-0.15, -0.1) is 0 Å². The van der Waals surface area contributed by atoms with E-state index in [4.69, 9.17) is 5.73 Å². The Morgan fingerprint density at radius 1 is 1.14 bits per heavy atom. The number of halogens is 3. The number of benzene rings is 1. The largest absolute Gasteiger partial charge is 0.417 e. The number of hydrogen-bond acceptors (Lipinski definition) is 3. The molecule has 1 atom stereocenters. The zero-order valence-electron chi connectivity index (χ0n) is 11.3. The Bertz CT molecular complexity index is 602. The zero-order valence-corrected chi connectivity index (χ0v) is 12.1. The lowest BCUT2D eigenvalue weighted by Crippen LogP contribution is -2.45. The first-order valence-electron chi connectivity index (χ1n) is 6.68. The average molecular weight is 322 g/mol. The predicted octanol–water partition coefficient (Wildman–Crippen LogP) is 2.55. The molecule has 0 amide bonds. The van der Waals surface area contributed by atoms with Gasteiger partial charge in [-0.25, -0.2) is 8.42 Å². The highest BCUT2D eigenvalue weighted by molar-refractivity contribution is 7.89. The Morgan fingerprint density at radius 2 is 1.81 bits per heavy atom. The molecule has 4 nitrogen and oxygen atoms in total. The van der Waals surface area contributed by atoms with E-state index in [1.54, 1.807) is 0 Å². The van der Waals surface area contributed by atoms with Gasteiger partial charge in [0.15, 0.2) is 0 Å². The van der Waals surface area contributed by atoms with Crippen LogP contribution in [0, 0.1) is 0 Å². The van der Waals surface area contributed by atoms with Crippen LogP contribution in [0.2, 0.25) is 0 Å². The van der Waals surface area contributed by atoms with Gasteiger partial charge >= 0.3 is 6.18 Å². The van der Waals surface area contributed by atoms with E-state index in [0.717, 1.165) is 29.3 Å². The van der Waals surface area contributed by atoms with Gasteiger partial charge in [0.2, 0.25) is 10.0 Å². The van der Waals surface area contributed by atoms with Crippen LogP contribution in [-0.4, -0.2) is 25.4 Å². The first kappa shape index (κ1) is 16.3. The maximum Gasteiger partial charge on any atom is 0.417 e. The van der Waals surface area contributed by atoms with E-state index < -0.39 is 32.8 Å². The van der Waals surface area contributed by atoms with Gasteiger partial charge in [0.05, 0.1) is 16.6 Å². The molecule has 0 saturated carbocycles. The molecule has 2 rings (SSSR count). The normalized spacial score (nSPS) is 22.0. The van der Waals surface area contributed by atoms with Gasteiger partial charge in [-0.05, 0) is 25.0 Å². The van der Waals surface area contributed by atoms with E-state index >= 15 is 0 Å². The zero-order chi connectivity index (χ0) is 15.7. The van der Waals surface area contributed by atoms with Crippen LogP contribution < -0.4 is 5.73 Å². The van der Waals surface area contributed by atoms with Crippen LogP contribution in [0.1, 0.15) is 31.2 Å². The number of hydrogen-bond donors (Lipinski definition) is 1. The molecule has 0 bridgehead atoms. The van der Waals surface area contributed by atoms with Crippen LogP contribution in [0.5, 0.6) is 0 Å². The lowest BCUT2D eigenvalue weighted by Gasteiger charge is -2.27. The van der Waals surface area contributed by atoms with Crippen molar-refractivity contribution in [2.45, 2.75) is 42.9 Å². The van der Waals surface area contributed by atoms with Crippen molar-refractivity contribution in [2.75, 3.05) is 6.54 Å². The Balaban J connectivity index is 2.49. The maximum atomic E-state index is 13.0. The van der Waals surface area contributed by atoms with Crippen molar-refractivity contribution >= 4 is 10.0 Å². The summed E-state index contributed by atoms with van der Waals surface area (Å²) in [5.41, 5.74) is 4.68. The summed E-state index contributed by atoms with van der Waals surface area (Å²) in [5, 5.41) is 0. The van der Waals surface area contributed by atoms with Gasteiger partial charge in [-0.1, -0.05) is 25.0 Å². The number of nitrogens with zero attached hydrogens (tertiary/aromatic N) is 1. The van der Waals surface area contributed by atoms with Gasteiger partial charge < -0.3 is 5.73 Å². The summed E-state index contributed by atoms with van der Waals surface area (Å²) in [6.07, 6.45) is -2.86. The molecule has 0 aliphatic carbocycles. The second-order valence-electron chi connectivity index (χ2n) is 5.03. The summed E-state index contributed by atoms with van der Waals surface area (Å²) >= 11 is 0. The summed E-state index contributed by atoms with van der Waals surface area (Å²) < 4.78 is 65.1. The minimum absolute atomic E-state index is 0.149. The predicted molar refractivity (Wildman–Crippen MR) is 71.8 cm³/mol. The molecular formula is C13H17F3N2O2S. The van der Waals surface area contributed by atoms with E-state index in [1.807, 2.05) is 0 Å². The van der Waals surface area contributed by atoms with E-state index in [-0.39, 0.29) is 6.54 Å². The summed E-state index contributed by atoms with van der Waals surface area (Å²) in [7, 11) is -4.26. The highest BCUT2D eigenvalue weighted by Gasteiger charge is 2.40. The molecule has 0 aromatic heterocycles. The van der Waals surface area contributed by atoms with Crippen molar-refractivity contribution in [3.63, 3.8) is 0 Å². The van der Waals surface area contributed by atoms with Gasteiger partial charge in [0.1, 0.15) is 0 Å². The minimum Gasteiger partial charge on any atom is -0.315 e. The summed E-state index contributed by atoms with van der Waals surface area (Å²) in [6.45, 7) is 0.149. The molecule has 1 aliphatic rings. The van der Waals surface area contributed by atoms with Gasteiger partial charge in [0, 0.05) is 6.54 Å². The average Bonchev–Trinajstić information content (AvgIpc) is 2.63. The van der Waals surface area contributed by atoms with Crippen LogP contribution in [0.4, 0.5) is 13.2 Å². The van der Waals surface area contributed by atoms with Gasteiger partial charge in [0.25, 0.3) is 0 Å². The molecule has 0 spiro atoms. The third-order valence-corrected chi connectivity index (χ3v) is 5.51. The molecule has 1 aliphatic heterocycles. The second kappa shape index (κ2) is 5.94. The second-order valence-corrected chi connectivity index (χ2v) is 6.89. The number of nitrogens with two attached hydrogens (primary N) is 1. The topological polar surface area (TPSA) is 63.4 Å². The quantitative estimate of drug-likeness (QED) is 0.910. The smallest absolute Gasteiger partial charge is 0.315 e. The molecular weight excluding hydrogens is 305 g/mol. The van der Waals surface area contributed by atoms with Crippen molar-refractivity contribution in [3.05, 3.63) is 29.8 Å². The van der Waals surface area contributed by atoms with E-state index in [2.05, 4.69) is 0 Å². The monoisotopic (exact) mass is 322 g/mol. The molecule has 1 fully saturated rings. The van der Waals surface area contributed by atoms with Crippen molar-refractivity contribution < 1.29 is 21.6 Å². The molecule has 1 aromatic carbocycles. The lowest BCUT2D eigenvalue weighted by molar-refractivity contribution is -0.139. The molecule has 1 heterocycles. The molecule has 0 radical (unpaired) electrons. The Hall–Kier alpha value is -1.12. The fraction of sp³-hybridized carbons (Fsp3) is 0.538. The van der Waals surface area contributed by atoms with Crippen LogP contribution in [0.3, 0.4) is 0 Å². The Kier molecular flexibility index (Phi) is 4.60. The van der Waals surface area contributed by atoms with Crippen molar-refractivity contribution in [2.24, 2.45) is 5.73 Å². The lowest BCUT2D eigenvalue weighted by atomic mass is 10.2. The highest BCUT2D eigenvalue weighted by Crippen LogP contribution is 2.35. The molecule has 1 saturated heterocycles.